The van der Waals surface area contributed by atoms with Crippen LogP contribution in [0.4, 0.5) is 4.39 Å². The second-order valence-corrected chi connectivity index (χ2v) is 5.39. The fraction of sp³-hybridized carbons (Fsp3) is 0.333. The molecule has 1 heterocycles. The molecule has 1 fully saturated rings. The highest BCUT2D eigenvalue weighted by atomic mass is 19.1. The maximum atomic E-state index is 13.2. The number of nitrogens with one attached hydrogen (secondary N) is 2. The monoisotopic (exact) mass is 289 g/mol. The lowest BCUT2D eigenvalue weighted by atomic mass is 10.1. The number of aromatic amines is 1. The Labute approximate surface area is 120 Å². The van der Waals surface area contributed by atoms with Crippen LogP contribution in [0, 0.1) is 11.7 Å². The van der Waals surface area contributed by atoms with Gasteiger partial charge in [0.05, 0.1) is 11.1 Å². The summed E-state index contributed by atoms with van der Waals surface area (Å²) in [5.41, 5.74) is 5.79. The summed E-state index contributed by atoms with van der Waals surface area (Å²) in [5, 5.41) is 3.38. The van der Waals surface area contributed by atoms with Crippen LogP contribution in [0.5, 0.6) is 0 Å². The van der Waals surface area contributed by atoms with Gasteiger partial charge in [-0.15, -0.1) is 0 Å². The van der Waals surface area contributed by atoms with Gasteiger partial charge in [-0.05, 0) is 37.0 Å². The Morgan fingerprint density at radius 1 is 1.43 bits per heavy atom. The molecule has 110 valence electrons. The summed E-state index contributed by atoms with van der Waals surface area (Å²) in [6.07, 6.45) is 2.12. The van der Waals surface area contributed by atoms with Crippen molar-refractivity contribution in [1.82, 2.24) is 10.3 Å². The molecule has 0 radical (unpaired) electrons. The number of pyridine rings is 1. The van der Waals surface area contributed by atoms with Crippen LogP contribution in [-0.4, -0.2) is 23.5 Å². The molecule has 21 heavy (non-hydrogen) atoms. The number of rotatable bonds is 4. The van der Waals surface area contributed by atoms with Crippen molar-refractivity contribution in [3.8, 4) is 0 Å². The van der Waals surface area contributed by atoms with Crippen molar-refractivity contribution in [2.75, 3.05) is 6.54 Å². The highest BCUT2D eigenvalue weighted by molar-refractivity contribution is 6.06. The number of hydrogen-bond acceptors (Lipinski definition) is 3. The van der Waals surface area contributed by atoms with Crippen molar-refractivity contribution in [2.45, 2.75) is 18.9 Å². The van der Waals surface area contributed by atoms with E-state index in [1.54, 1.807) is 0 Å². The first-order chi connectivity index (χ1) is 10.1. The lowest BCUT2D eigenvalue weighted by Crippen LogP contribution is -2.42. The van der Waals surface area contributed by atoms with E-state index in [0.29, 0.717) is 23.4 Å². The molecule has 5 nitrogen and oxygen atoms in total. The molecular weight excluding hydrogens is 273 g/mol. The summed E-state index contributed by atoms with van der Waals surface area (Å²) in [5.74, 6) is -0.391. The van der Waals surface area contributed by atoms with Gasteiger partial charge >= 0.3 is 0 Å². The third kappa shape index (κ3) is 2.80. The van der Waals surface area contributed by atoms with Gasteiger partial charge in [0.2, 0.25) is 5.56 Å². The molecule has 6 heteroatoms. The van der Waals surface area contributed by atoms with Crippen LogP contribution in [0.25, 0.3) is 10.9 Å². The van der Waals surface area contributed by atoms with Crippen LogP contribution < -0.4 is 16.6 Å². The molecule has 1 atom stereocenters. The molecule has 1 unspecified atom stereocenters. The van der Waals surface area contributed by atoms with E-state index >= 15 is 0 Å². The van der Waals surface area contributed by atoms with E-state index in [0.717, 1.165) is 12.8 Å². The summed E-state index contributed by atoms with van der Waals surface area (Å²) in [6.45, 7) is 0.367. The molecule has 0 saturated heterocycles. The molecule has 1 amide bonds. The topological polar surface area (TPSA) is 88.0 Å². The van der Waals surface area contributed by atoms with Crippen LogP contribution >= 0.6 is 0 Å². The minimum absolute atomic E-state index is 0.0766. The van der Waals surface area contributed by atoms with Crippen molar-refractivity contribution >= 4 is 16.8 Å². The zero-order chi connectivity index (χ0) is 15.0. The summed E-state index contributed by atoms with van der Waals surface area (Å²) < 4.78 is 13.2. The number of benzene rings is 1. The van der Waals surface area contributed by atoms with E-state index in [1.807, 2.05) is 0 Å². The predicted octanol–water partition coefficient (Wildman–Crippen LogP) is 1.13. The molecule has 0 spiro atoms. The fourth-order valence-corrected chi connectivity index (χ4v) is 2.53. The Morgan fingerprint density at radius 3 is 2.86 bits per heavy atom. The molecular formula is C15H16FN3O2. The number of fused-ring (bicyclic) bond motifs is 1. The first kappa shape index (κ1) is 13.8. The van der Waals surface area contributed by atoms with Crippen molar-refractivity contribution < 1.29 is 9.18 Å². The standard InChI is InChI=1S/C15H16FN3O2/c16-9-3-4-10-11(6-14(20)18-12(10)5-9)15(21)19-13(7-17)8-1-2-8/h3-6,8,13H,1-2,7,17H2,(H,18,20)(H,19,21). The average molecular weight is 289 g/mol. The van der Waals surface area contributed by atoms with Crippen LogP contribution in [0.1, 0.15) is 23.2 Å². The van der Waals surface area contributed by atoms with Crippen LogP contribution in [0.3, 0.4) is 0 Å². The number of carbonyl (C=O) groups is 1. The van der Waals surface area contributed by atoms with Crippen molar-refractivity contribution in [3.05, 3.63) is 46.0 Å². The largest absolute Gasteiger partial charge is 0.348 e. The molecule has 0 bridgehead atoms. The van der Waals surface area contributed by atoms with Crippen LogP contribution in [-0.2, 0) is 0 Å². The van der Waals surface area contributed by atoms with E-state index in [4.69, 9.17) is 5.73 Å². The Balaban J connectivity index is 1.98. The van der Waals surface area contributed by atoms with Gasteiger partial charge in [0, 0.05) is 24.0 Å². The van der Waals surface area contributed by atoms with E-state index in [2.05, 4.69) is 10.3 Å². The van der Waals surface area contributed by atoms with Gasteiger partial charge in [-0.1, -0.05) is 0 Å². The van der Waals surface area contributed by atoms with Crippen molar-refractivity contribution in [3.63, 3.8) is 0 Å². The number of nitrogens with two attached hydrogens (primary N) is 1. The molecule has 4 N–H and O–H groups in total. The quantitative estimate of drug-likeness (QED) is 0.788. The third-order valence-corrected chi connectivity index (χ3v) is 3.81. The maximum absolute atomic E-state index is 13.2. The number of aromatic nitrogens is 1. The average Bonchev–Trinajstić information content (AvgIpc) is 3.27. The number of halogens is 1. The minimum atomic E-state index is -0.464. The first-order valence-electron chi connectivity index (χ1n) is 6.92. The number of carbonyl (C=O) groups excluding carboxylic acids is 1. The molecule has 2 aromatic rings. The van der Waals surface area contributed by atoms with Crippen molar-refractivity contribution in [1.29, 1.82) is 0 Å². The Kier molecular flexibility index (Phi) is 3.47. The van der Waals surface area contributed by atoms with Crippen LogP contribution in [0.15, 0.2) is 29.1 Å². The highest BCUT2D eigenvalue weighted by Gasteiger charge is 2.31. The van der Waals surface area contributed by atoms with Gasteiger partial charge in [-0.3, -0.25) is 9.59 Å². The molecule has 3 rings (SSSR count). The number of amides is 1. The molecule has 1 aromatic carbocycles. The molecule has 1 aliphatic carbocycles. The van der Waals surface area contributed by atoms with Crippen LogP contribution in [0.2, 0.25) is 0 Å². The van der Waals surface area contributed by atoms with E-state index in [1.165, 1.54) is 24.3 Å². The van der Waals surface area contributed by atoms with E-state index in [-0.39, 0.29) is 17.5 Å². The van der Waals surface area contributed by atoms with Gasteiger partial charge in [0.15, 0.2) is 0 Å². The van der Waals surface area contributed by atoms with Gasteiger partial charge in [-0.2, -0.15) is 0 Å². The Morgan fingerprint density at radius 2 is 2.19 bits per heavy atom. The zero-order valence-electron chi connectivity index (χ0n) is 11.4. The smallest absolute Gasteiger partial charge is 0.252 e. The number of H-pyrrole nitrogens is 1. The first-order valence-corrected chi connectivity index (χ1v) is 6.92. The minimum Gasteiger partial charge on any atom is -0.348 e. The van der Waals surface area contributed by atoms with E-state index < -0.39 is 11.4 Å². The maximum Gasteiger partial charge on any atom is 0.252 e. The Bertz CT molecular complexity index is 752. The molecule has 1 saturated carbocycles. The lowest BCUT2D eigenvalue weighted by molar-refractivity contribution is 0.0935. The summed E-state index contributed by atoms with van der Waals surface area (Å²) >= 11 is 0. The SMILES string of the molecule is NCC(NC(=O)c1cc(=O)[nH]c2cc(F)ccc12)C1CC1. The molecule has 0 aliphatic heterocycles. The van der Waals surface area contributed by atoms with Gasteiger partial charge in [0.25, 0.3) is 5.91 Å². The molecule has 1 aliphatic rings. The second kappa shape index (κ2) is 5.29. The van der Waals surface area contributed by atoms with Gasteiger partial charge < -0.3 is 16.0 Å². The predicted molar refractivity (Wildman–Crippen MR) is 77.6 cm³/mol. The second-order valence-electron chi connectivity index (χ2n) is 5.39. The van der Waals surface area contributed by atoms with Gasteiger partial charge in [0.1, 0.15) is 5.82 Å². The molecule has 1 aromatic heterocycles. The lowest BCUT2D eigenvalue weighted by Gasteiger charge is -2.16. The van der Waals surface area contributed by atoms with Gasteiger partial charge in [-0.25, -0.2) is 4.39 Å². The number of hydrogen-bond donors (Lipinski definition) is 3. The summed E-state index contributed by atoms with van der Waals surface area (Å²) in [4.78, 5) is 26.6. The third-order valence-electron chi connectivity index (χ3n) is 3.81. The summed E-state index contributed by atoms with van der Waals surface area (Å²) in [7, 11) is 0. The highest BCUT2D eigenvalue weighted by Crippen LogP contribution is 2.32. The normalized spacial score (nSPS) is 15.9. The zero-order valence-corrected chi connectivity index (χ0v) is 11.4. The Hall–Kier alpha value is -2.21. The summed E-state index contributed by atoms with van der Waals surface area (Å²) in [6, 6.07) is 5.11. The van der Waals surface area contributed by atoms with Crippen molar-refractivity contribution in [2.24, 2.45) is 11.7 Å². The van der Waals surface area contributed by atoms with E-state index in [9.17, 15) is 14.0 Å². The fourth-order valence-electron chi connectivity index (χ4n) is 2.53.